The van der Waals surface area contributed by atoms with Crippen LogP contribution in [-0.4, -0.2) is 16.2 Å². The highest BCUT2D eigenvalue weighted by Gasteiger charge is 2.23. The maximum atomic E-state index is 6.46. The molecule has 1 aliphatic heterocycles. The molecule has 0 radical (unpaired) electrons. The van der Waals surface area contributed by atoms with Crippen LogP contribution < -0.4 is 5.32 Å². The molecule has 268 valence electrons. The molecule has 6 heteroatoms. The summed E-state index contributed by atoms with van der Waals surface area (Å²) in [5, 5.41) is 10.3. The van der Waals surface area contributed by atoms with Gasteiger partial charge in [0.2, 0.25) is 0 Å². The number of aliphatic imine (C=N–C) groups is 2. The van der Waals surface area contributed by atoms with Gasteiger partial charge >= 0.3 is 0 Å². The zero-order chi connectivity index (χ0) is 37.5. The second-order valence-corrected chi connectivity index (χ2v) is 14.6. The Balaban J connectivity index is 0.999. The van der Waals surface area contributed by atoms with Gasteiger partial charge in [0.1, 0.15) is 34.3 Å². The molecule has 0 amide bonds. The minimum Gasteiger partial charge on any atom is -0.456 e. The molecule has 57 heavy (non-hydrogen) atoms. The van der Waals surface area contributed by atoms with E-state index in [-0.39, 0.29) is 6.17 Å². The van der Waals surface area contributed by atoms with E-state index in [1.165, 1.54) is 27.4 Å². The van der Waals surface area contributed by atoms with E-state index in [1.807, 2.05) is 48.5 Å². The third-order valence-electron chi connectivity index (χ3n) is 11.3. The minimum absolute atomic E-state index is 0.326. The van der Waals surface area contributed by atoms with E-state index in [1.54, 1.807) is 0 Å². The highest BCUT2D eigenvalue weighted by Crippen LogP contribution is 2.41. The number of nitrogens with one attached hydrogen (secondary N) is 1. The number of aromatic nitrogens is 1. The van der Waals surface area contributed by atoms with Gasteiger partial charge in [0, 0.05) is 49.1 Å². The van der Waals surface area contributed by atoms with Gasteiger partial charge in [0.25, 0.3) is 0 Å². The topological polar surface area (TPSA) is 68.0 Å². The first kappa shape index (κ1) is 31.6. The van der Waals surface area contributed by atoms with Crippen molar-refractivity contribution in [1.82, 2.24) is 9.88 Å². The van der Waals surface area contributed by atoms with E-state index < -0.39 is 0 Å². The van der Waals surface area contributed by atoms with E-state index in [0.717, 1.165) is 77.7 Å². The number of furan rings is 2. The zero-order valence-corrected chi connectivity index (χ0v) is 30.6. The second-order valence-electron chi connectivity index (χ2n) is 14.6. The molecule has 0 bridgehead atoms. The lowest BCUT2D eigenvalue weighted by Crippen LogP contribution is -2.33. The molecular formula is C51H32N4O2. The molecular weight excluding hydrogens is 701 g/mol. The van der Waals surface area contributed by atoms with Gasteiger partial charge in [-0.15, -0.1) is 0 Å². The van der Waals surface area contributed by atoms with Crippen LogP contribution in [0, 0.1) is 0 Å². The van der Waals surface area contributed by atoms with E-state index >= 15 is 0 Å². The third kappa shape index (κ3) is 5.04. The predicted octanol–water partition coefficient (Wildman–Crippen LogP) is 12.7. The molecule has 0 spiro atoms. The molecule has 3 aromatic heterocycles. The Bertz CT molecular complexity index is 3440. The molecule has 12 rings (SSSR count). The van der Waals surface area contributed by atoms with E-state index in [0.29, 0.717) is 5.84 Å². The molecule has 1 unspecified atom stereocenters. The number of fused-ring (bicyclic) bond motifs is 9. The summed E-state index contributed by atoms with van der Waals surface area (Å²) >= 11 is 0. The fourth-order valence-electron chi connectivity index (χ4n) is 8.60. The summed E-state index contributed by atoms with van der Waals surface area (Å²) in [5.41, 5.74) is 12.1. The van der Waals surface area contributed by atoms with Crippen LogP contribution in [0.4, 0.5) is 0 Å². The number of nitrogens with zero attached hydrogens (tertiary/aromatic N) is 3. The second kappa shape index (κ2) is 12.4. The summed E-state index contributed by atoms with van der Waals surface area (Å²) in [6.45, 7) is 0. The number of amidine groups is 2. The molecule has 11 aromatic rings. The lowest BCUT2D eigenvalue weighted by molar-refractivity contribution is 0.668. The van der Waals surface area contributed by atoms with Crippen LogP contribution in [0.2, 0.25) is 0 Å². The van der Waals surface area contributed by atoms with Crippen molar-refractivity contribution in [1.29, 1.82) is 0 Å². The van der Waals surface area contributed by atoms with Crippen LogP contribution in [0.15, 0.2) is 201 Å². The lowest BCUT2D eigenvalue weighted by Gasteiger charge is -2.23. The van der Waals surface area contributed by atoms with Gasteiger partial charge in [-0.3, -0.25) is 0 Å². The number of para-hydroxylation sites is 3. The van der Waals surface area contributed by atoms with Crippen LogP contribution in [0.1, 0.15) is 22.9 Å². The van der Waals surface area contributed by atoms with Crippen LogP contribution >= 0.6 is 0 Å². The molecule has 6 nitrogen and oxygen atoms in total. The largest absolute Gasteiger partial charge is 0.456 e. The van der Waals surface area contributed by atoms with Crippen LogP contribution in [0.3, 0.4) is 0 Å². The molecule has 0 saturated heterocycles. The van der Waals surface area contributed by atoms with Gasteiger partial charge in [-0.1, -0.05) is 103 Å². The van der Waals surface area contributed by atoms with Crippen molar-refractivity contribution in [2.75, 3.05) is 0 Å². The van der Waals surface area contributed by atoms with Crippen molar-refractivity contribution in [3.63, 3.8) is 0 Å². The van der Waals surface area contributed by atoms with Gasteiger partial charge in [-0.25, -0.2) is 9.98 Å². The van der Waals surface area contributed by atoms with Crippen molar-refractivity contribution >= 4 is 77.4 Å². The SMILES string of the molecule is c1ccc(C2N=C(c3ccc4oc5ccccc5c4c3)N=C(c3ccc4oc5ccc(-c6cccc7c6c6ccccc6n7-c6ccccc6)cc5c4c3)N2)cc1. The Hall–Kier alpha value is -7.70. The van der Waals surface area contributed by atoms with Gasteiger partial charge in [-0.2, -0.15) is 0 Å². The average molecular weight is 733 g/mol. The fraction of sp³-hybridized carbons (Fsp3) is 0.0196. The number of benzene rings is 8. The summed E-state index contributed by atoms with van der Waals surface area (Å²) in [6, 6.07) is 63.4. The van der Waals surface area contributed by atoms with Crippen LogP contribution in [-0.2, 0) is 0 Å². The lowest BCUT2D eigenvalue weighted by atomic mass is 9.97. The third-order valence-corrected chi connectivity index (χ3v) is 11.3. The van der Waals surface area contributed by atoms with Crippen molar-refractivity contribution in [2.45, 2.75) is 6.17 Å². The smallest absolute Gasteiger partial charge is 0.159 e. The maximum absolute atomic E-state index is 6.46. The molecule has 8 aromatic carbocycles. The summed E-state index contributed by atoms with van der Waals surface area (Å²) < 4.78 is 15.0. The number of rotatable bonds is 5. The molecule has 0 aliphatic carbocycles. The Morgan fingerprint density at radius 2 is 1.04 bits per heavy atom. The van der Waals surface area contributed by atoms with Crippen LogP contribution in [0.5, 0.6) is 0 Å². The monoisotopic (exact) mass is 732 g/mol. The molecule has 0 fully saturated rings. The van der Waals surface area contributed by atoms with Crippen molar-refractivity contribution in [3.8, 4) is 16.8 Å². The summed E-state index contributed by atoms with van der Waals surface area (Å²) in [4.78, 5) is 10.3. The van der Waals surface area contributed by atoms with Gasteiger partial charge in [0.05, 0.1) is 11.0 Å². The fourth-order valence-corrected chi connectivity index (χ4v) is 8.60. The van der Waals surface area contributed by atoms with Gasteiger partial charge < -0.3 is 18.7 Å². The van der Waals surface area contributed by atoms with E-state index in [4.69, 9.17) is 18.8 Å². The highest BCUT2D eigenvalue weighted by atomic mass is 16.3. The summed E-state index contributed by atoms with van der Waals surface area (Å²) in [7, 11) is 0. The molecule has 1 atom stereocenters. The number of hydrogen-bond acceptors (Lipinski definition) is 5. The van der Waals surface area contributed by atoms with Crippen LogP contribution in [0.25, 0.3) is 82.5 Å². The Labute approximate surface area is 326 Å². The quantitative estimate of drug-likeness (QED) is 0.192. The summed E-state index contributed by atoms with van der Waals surface area (Å²) in [5.74, 6) is 1.41. The number of hydrogen-bond donors (Lipinski definition) is 1. The Morgan fingerprint density at radius 3 is 1.82 bits per heavy atom. The molecule has 0 saturated carbocycles. The van der Waals surface area contributed by atoms with E-state index in [2.05, 4.69) is 143 Å². The van der Waals surface area contributed by atoms with Crippen molar-refractivity contribution < 1.29 is 8.83 Å². The van der Waals surface area contributed by atoms with Gasteiger partial charge in [0.15, 0.2) is 5.84 Å². The average Bonchev–Trinajstić information content (AvgIpc) is 3.95. The minimum atomic E-state index is -0.326. The first-order valence-electron chi connectivity index (χ1n) is 19.2. The normalized spacial score (nSPS) is 14.5. The predicted molar refractivity (Wildman–Crippen MR) is 233 cm³/mol. The highest BCUT2D eigenvalue weighted by molar-refractivity contribution is 6.19. The Kier molecular flexibility index (Phi) is 6.89. The molecule has 1 N–H and O–H groups in total. The molecule has 4 heterocycles. The van der Waals surface area contributed by atoms with Crippen molar-refractivity contribution in [3.05, 3.63) is 199 Å². The zero-order valence-electron chi connectivity index (χ0n) is 30.6. The first-order chi connectivity index (χ1) is 28.2. The Morgan fingerprint density at radius 1 is 0.456 bits per heavy atom. The van der Waals surface area contributed by atoms with Crippen molar-refractivity contribution in [2.24, 2.45) is 9.98 Å². The first-order valence-corrected chi connectivity index (χ1v) is 19.2. The van der Waals surface area contributed by atoms with E-state index in [9.17, 15) is 0 Å². The maximum Gasteiger partial charge on any atom is 0.159 e. The standard InChI is InChI=1S/C51H32N4O2/c1-3-12-31(13-4-1)49-52-50(33-23-26-45-39(29-33)37-16-8-10-21-44(37)56-45)54-51(53-49)34-24-27-47-41(30-34)40-28-32(22-25-46(40)57-47)36-18-11-20-43-48(36)38-17-7-9-19-42(38)55(43)35-14-5-2-6-15-35/h1-30,49H,(H,52,53,54). The molecule has 1 aliphatic rings. The summed E-state index contributed by atoms with van der Waals surface area (Å²) in [6.07, 6.45) is -0.326. The van der Waals surface area contributed by atoms with Gasteiger partial charge in [-0.05, 0) is 95.6 Å².